The van der Waals surface area contributed by atoms with Crippen molar-refractivity contribution in [2.45, 2.75) is 18.7 Å². The molecule has 6 rings (SSSR count). The van der Waals surface area contributed by atoms with Crippen LogP contribution in [0.3, 0.4) is 0 Å². The summed E-state index contributed by atoms with van der Waals surface area (Å²) >= 11 is 6.10. The second kappa shape index (κ2) is 10.4. The van der Waals surface area contributed by atoms with E-state index in [2.05, 4.69) is 0 Å². The number of hydrogen-bond acceptors (Lipinski definition) is 6. The number of carbonyl (C=O) groups excluding carboxylic acids is 3. The van der Waals surface area contributed by atoms with Crippen molar-refractivity contribution in [3.63, 3.8) is 0 Å². The van der Waals surface area contributed by atoms with E-state index in [1.807, 2.05) is 36.4 Å². The molecule has 2 heterocycles. The minimum Gasteiger partial charge on any atom is -0.423 e. The van der Waals surface area contributed by atoms with Gasteiger partial charge in [-0.05, 0) is 59.7 Å². The maximum Gasteiger partial charge on any atom is 0.343 e. The van der Waals surface area contributed by atoms with Gasteiger partial charge in [0.05, 0.1) is 23.8 Å². The van der Waals surface area contributed by atoms with Crippen LogP contribution in [0.5, 0.6) is 5.75 Å². The van der Waals surface area contributed by atoms with E-state index in [1.54, 1.807) is 77.9 Å². The van der Waals surface area contributed by atoms with Gasteiger partial charge in [0.25, 0.3) is 5.91 Å². The van der Waals surface area contributed by atoms with Gasteiger partial charge in [-0.25, -0.2) is 9.86 Å². The molecule has 3 atom stereocenters. The van der Waals surface area contributed by atoms with E-state index in [4.69, 9.17) is 21.2 Å². The Labute approximate surface area is 230 Å². The number of benzene rings is 4. The highest BCUT2D eigenvalue weighted by Gasteiger charge is 2.59. The third-order valence-electron chi connectivity index (χ3n) is 6.91. The number of rotatable bonds is 6. The van der Waals surface area contributed by atoms with Crippen LogP contribution in [-0.2, 0) is 21.0 Å². The molecule has 2 saturated heterocycles. The van der Waals surface area contributed by atoms with Gasteiger partial charge in [0, 0.05) is 5.02 Å². The van der Waals surface area contributed by atoms with Gasteiger partial charge in [-0.15, -0.1) is 0 Å². The first kappa shape index (κ1) is 24.9. The third-order valence-corrected chi connectivity index (χ3v) is 7.16. The molecule has 2 aliphatic rings. The predicted molar refractivity (Wildman–Crippen MR) is 145 cm³/mol. The highest BCUT2D eigenvalue weighted by molar-refractivity contribution is 6.30. The molecule has 4 aromatic rings. The SMILES string of the molecule is O=C(Oc1ccc([C@H]2[C@H]3C(=O)N(Cc4ccccc4)C(=O)[C@H]3ON2c2ccc(Cl)cc2)cc1)c1ccccc1. The van der Waals surface area contributed by atoms with Crippen molar-refractivity contribution in [2.24, 2.45) is 5.92 Å². The lowest BCUT2D eigenvalue weighted by Crippen LogP contribution is -2.36. The average molecular weight is 539 g/mol. The number of likely N-dealkylation sites (tertiary alicyclic amines) is 1. The fourth-order valence-corrected chi connectivity index (χ4v) is 5.14. The molecule has 2 aliphatic heterocycles. The van der Waals surface area contributed by atoms with Crippen molar-refractivity contribution in [2.75, 3.05) is 5.06 Å². The van der Waals surface area contributed by atoms with E-state index in [9.17, 15) is 14.4 Å². The van der Waals surface area contributed by atoms with E-state index in [0.29, 0.717) is 22.0 Å². The minimum atomic E-state index is -0.961. The van der Waals surface area contributed by atoms with Gasteiger partial charge in [0.2, 0.25) is 5.91 Å². The predicted octanol–water partition coefficient (Wildman–Crippen LogP) is 5.61. The Hall–Kier alpha value is -4.46. The number of fused-ring (bicyclic) bond motifs is 1. The third kappa shape index (κ3) is 4.78. The molecule has 8 heteroatoms. The van der Waals surface area contributed by atoms with Crippen LogP contribution >= 0.6 is 11.6 Å². The van der Waals surface area contributed by atoms with Gasteiger partial charge < -0.3 is 4.74 Å². The van der Waals surface area contributed by atoms with E-state index >= 15 is 0 Å². The molecule has 0 saturated carbocycles. The van der Waals surface area contributed by atoms with Gasteiger partial charge in [-0.2, -0.15) is 0 Å². The lowest BCUT2D eigenvalue weighted by molar-refractivity contribution is -0.143. The number of hydrogen-bond donors (Lipinski definition) is 0. The zero-order valence-corrected chi connectivity index (χ0v) is 21.4. The molecule has 0 unspecified atom stereocenters. The quantitative estimate of drug-likeness (QED) is 0.180. The largest absolute Gasteiger partial charge is 0.423 e. The Bertz CT molecular complexity index is 1510. The van der Waals surface area contributed by atoms with Crippen LogP contribution in [0.1, 0.15) is 27.5 Å². The van der Waals surface area contributed by atoms with Crippen LogP contribution in [0.2, 0.25) is 5.02 Å². The lowest BCUT2D eigenvalue weighted by Gasteiger charge is -2.29. The number of esters is 1. The molecule has 2 fully saturated rings. The second-order valence-corrected chi connectivity index (χ2v) is 9.81. The van der Waals surface area contributed by atoms with Crippen molar-refractivity contribution in [1.82, 2.24) is 4.90 Å². The van der Waals surface area contributed by atoms with Gasteiger partial charge >= 0.3 is 5.97 Å². The molecular weight excluding hydrogens is 516 g/mol. The van der Waals surface area contributed by atoms with Crippen LogP contribution in [0.25, 0.3) is 0 Å². The topological polar surface area (TPSA) is 76.2 Å². The Morgan fingerprint density at radius 1 is 0.795 bits per heavy atom. The smallest absolute Gasteiger partial charge is 0.343 e. The Kier molecular flexibility index (Phi) is 6.60. The molecule has 0 radical (unpaired) electrons. The summed E-state index contributed by atoms with van der Waals surface area (Å²) in [5.41, 5.74) is 2.69. The van der Waals surface area contributed by atoms with E-state index < -0.39 is 24.0 Å². The molecule has 4 aromatic carbocycles. The monoisotopic (exact) mass is 538 g/mol. The van der Waals surface area contributed by atoms with Crippen LogP contribution in [0.4, 0.5) is 5.69 Å². The standard InChI is InChI=1S/C31H23ClN2O5/c32-23-13-15-24(16-14-23)34-27(21-11-17-25(18-12-21)38-31(37)22-9-5-2-6-10-22)26-28(39-34)30(36)33(29(26)35)19-20-7-3-1-4-8-20/h1-18,26-28H,19H2/t26-,27+,28+/m1/s1. The first-order valence-electron chi connectivity index (χ1n) is 12.5. The molecule has 0 bridgehead atoms. The summed E-state index contributed by atoms with van der Waals surface area (Å²) in [6, 6.07) is 31.4. The molecule has 2 amide bonds. The van der Waals surface area contributed by atoms with E-state index in [-0.39, 0.29) is 18.4 Å². The Morgan fingerprint density at radius 2 is 1.44 bits per heavy atom. The number of nitrogens with zero attached hydrogens (tertiary/aromatic N) is 2. The fourth-order valence-electron chi connectivity index (χ4n) is 5.02. The molecular formula is C31H23ClN2O5. The molecule has 39 heavy (non-hydrogen) atoms. The first-order chi connectivity index (χ1) is 19.0. The van der Waals surface area contributed by atoms with Gasteiger partial charge in [0.15, 0.2) is 6.10 Å². The summed E-state index contributed by atoms with van der Waals surface area (Å²) < 4.78 is 5.52. The summed E-state index contributed by atoms with van der Waals surface area (Å²) in [6.45, 7) is 0.177. The average Bonchev–Trinajstić information content (AvgIpc) is 3.47. The van der Waals surface area contributed by atoms with Crippen LogP contribution in [0, 0.1) is 5.92 Å². The molecule has 0 aliphatic carbocycles. The number of hydroxylamine groups is 1. The summed E-state index contributed by atoms with van der Waals surface area (Å²) in [4.78, 5) is 47.0. The highest BCUT2D eigenvalue weighted by Crippen LogP contribution is 2.47. The number of anilines is 1. The molecule has 0 N–H and O–H groups in total. The molecule has 7 nitrogen and oxygen atoms in total. The maximum absolute atomic E-state index is 13.7. The van der Waals surface area contributed by atoms with Gasteiger partial charge in [0.1, 0.15) is 11.7 Å². The van der Waals surface area contributed by atoms with E-state index in [1.165, 1.54) is 4.90 Å². The molecule has 0 aromatic heterocycles. The number of imide groups is 1. The lowest BCUT2D eigenvalue weighted by atomic mass is 9.90. The fraction of sp³-hybridized carbons (Fsp3) is 0.129. The first-order valence-corrected chi connectivity index (χ1v) is 12.9. The van der Waals surface area contributed by atoms with Crippen molar-refractivity contribution >= 4 is 35.1 Å². The summed E-state index contributed by atoms with van der Waals surface area (Å²) in [5.74, 6) is -1.53. The Balaban J connectivity index is 1.30. The van der Waals surface area contributed by atoms with Gasteiger partial charge in [-0.1, -0.05) is 72.3 Å². The molecule has 0 spiro atoms. The summed E-state index contributed by atoms with van der Waals surface area (Å²) in [5, 5.41) is 2.16. The van der Waals surface area contributed by atoms with Crippen molar-refractivity contribution in [3.8, 4) is 5.75 Å². The molecule has 194 valence electrons. The van der Waals surface area contributed by atoms with Gasteiger partial charge in [-0.3, -0.25) is 19.3 Å². The summed E-state index contributed by atoms with van der Waals surface area (Å²) in [7, 11) is 0. The van der Waals surface area contributed by atoms with Crippen LogP contribution in [-0.4, -0.2) is 28.8 Å². The van der Waals surface area contributed by atoms with Crippen LogP contribution < -0.4 is 9.80 Å². The van der Waals surface area contributed by atoms with Crippen molar-refractivity contribution in [1.29, 1.82) is 0 Å². The minimum absolute atomic E-state index is 0.177. The number of amides is 2. The normalized spacial score (nSPS) is 20.3. The van der Waals surface area contributed by atoms with E-state index in [0.717, 1.165) is 11.1 Å². The Morgan fingerprint density at radius 3 is 2.10 bits per heavy atom. The zero-order chi connectivity index (χ0) is 26.9. The highest BCUT2D eigenvalue weighted by atomic mass is 35.5. The number of ether oxygens (including phenoxy) is 1. The summed E-state index contributed by atoms with van der Waals surface area (Å²) in [6.07, 6.45) is -0.961. The van der Waals surface area contributed by atoms with Crippen molar-refractivity contribution in [3.05, 3.63) is 131 Å². The maximum atomic E-state index is 13.7. The number of carbonyl (C=O) groups is 3. The zero-order valence-electron chi connectivity index (χ0n) is 20.6. The second-order valence-electron chi connectivity index (χ2n) is 9.37. The van der Waals surface area contributed by atoms with Crippen molar-refractivity contribution < 1.29 is 24.0 Å². The van der Waals surface area contributed by atoms with Crippen LogP contribution in [0.15, 0.2) is 109 Å². The number of halogens is 1.